The van der Waals surface area contributed by atoms with E-state index in [1.165, 1.54) is 6.42 Å². The highest BCUT2D eigenvalue weighted by Gasteiger charge is 2.40. The van der Waals surface area contributed by atoms with E-state index < -0.39 is 10.0 Å². The Morgan fingerprint density at radius 1 is 1.14 bits per heavy atom. The summed E-state index contributed by atoms with van der Waals surface area (Å²) in [5.41, 5.74) is 6.27. The number of benzene rings is 1. The lowest BCUT2D eigenvalue weighted by molar-refractivity contribution is 0.129. The second-order valence-corrected chi connectivity index (χ2v) is 8.83. The first kappa shape index (κ1) is 15.3. The number of hydrogen-bond donors (Lipinski definition) is 1. The van der Waals surface area contributed by atoms with Crippen molar-refractivity contribution in [3.8, 4) is 0 Å². The monoisotopic (exact) mass is 372 g/mol. The molecule has 0 bridgehead atoms. The zero-order valence-electron chi connectivity index (χ0n) is 12.0. The predicted molar refractivity (Wildman–Crippen MR) is 87.4 cm³/mol. The van der Waals surface area contributed by atoms with Crippen LogP contribution in [0.25, 0.3) is 0 Å². The number of halogens is 1. The summed E-state index contributed by atoms with van der Waals surface area (Å²) in [5.74, 6) is 0.527. The lowest BCUT2D eigenvalue weighted by Crippen LogP contribution is -2.49. The van der Waals surface area contributed by atoms with Crippen LogP contribution in [0.2, 0.25) is 0 Å². The van der Waals surface area contributed by atoms with Crippen LogP contribution in [0.4, 0.5) is 5.69 Å². The highest BCUT2D eigenvalue weighted by Crippen LogP contribution is 2.39. The summed E-state index contributed by atoms with van der Waals surface area (Å²) in [6.45, 7) is 0.624. The maximum Gasteiger partial charge on any atom is 0.245 e. The minimum atomic E-state index is -3.49. The van der Waals surface area contributed by atoms with E-state index >= 15 is 0 Å². The van der Waals surface area contributed by atoms with Gasteiger partial charge < -0.3 is 5.73 Å². The Kier molecular flexibility index (Phi) is 4.30. The highest BCUT2D eigenvalue weighted by molar-refractivity contribution is 9.10. The van der Waals surface area contributed by atoms with Crippen molar-refractivity contribution in [1.82, 2.24) is 4.31 Å². The average Bonchev–Trinajstić information content (AvgIpc) is 2.46. The normalized spacial score (nSPS) is 27.3. The molecule has 0 unspecified atom stereocenters. The molecular formula is C15H21BrN2O2S. The molecule has 1 saturated carbocycles. The molecule has 0 amide bonds. The molecule has 116 valence electrons. The molecule has 0 radical (unpaired) electrons. The Morgan fingerprint density at radius 3 is 2.62 bits per heavy atom. The van der Waals surface area contributed by atoms with Gasteiger partial charge >= 0.3 is 0 Å². The van der Waals surface area contributed by atoms with Crippen molar-refractivity contribution in [3.63, 3.8) is 0 Å². The van der Waals surface area contributed by atoms with Crippen molar-refractivity contribution < 1.29 is 8.42 Å². The molecule has 21 heavy (non-hydrogen) atoms. The third kappa shape index (κ3) is 2.85. The third-order valence-corrected chi connectivity index (χ3v) is 7.24. The van der Waals surface area contributed by atoms with Crippen molar-refractivity contribution >= 4 is 31.6 Å². The summed E-state index contributed by atoms with van der Waals surface area (Å²) in [4.78, 5) is 0.247. The number of nitrogens with two attached hydrogens (primary N) is 1. The molecule has 2 atom stereocenters. The summed E-state index contributed by atoms with van der Waals surface area (Å²) < 4.78 is 28.5. The molecule has 1 aliphatic heterocycles. The first-order chi connectivity index (χ1) is 10.00. The third-order valence-electron chi connectivity index (χ3n) is 4.75. The van der Waals surface area contributed by atoms with Gasteiger partial charge in [0.15, 0.2) is 0 Å². The molecule has 0 spiro atoms. The van der Waals surface area contributed by atoms with Crippen LogP contribution in [0.1, 0.15) is 38.5 Å². The number of nitrogen functional groups attached to an aromatic ring is 1. The SMILES string of the molecule is Nc1cc(Br)ccc1S(=O)(=O)N1CCC[C@H]2CCCC[C@H]21. The van der Waals surface area contributed by atoms with Crippen molar-refractivity contribution in [3.05, 3.63) is 22.7 Å². The molecule has 1 aromatic carbocycles. The molecule has 2 fully saturated rings. The molecule has 3 rings (SSSR count). The van der Waals surface area contributed by atoms with Gasteiger partial charge in [-0.2, -0.15) is 4.31 Å². The summed E-state index contributed by atoms with van der Waals surface area (Å²) in [6.07, 6.45) is 6.62. The van der Waals surface area contributed by atoms with Gasteiger partial charge in [-0.25, -0.2) is 8.42 Å². The Labute approximate surface area is 134 Å². The number of rotatable bonds is 2. The van der Waals surface area contributed by atoms with Crippen LogP contribution in [0.15, 0.2) is 27.6 Å². The minimum Gasteiger partial charge on any atom is -0.398 e. The predicted octanol–water partition coefficient (Wildman–Crippen LogP) is 3.37. The first-order valence-corrected chi connectivity index (χ1v) is 9.80. The molecule has 1 saturated heterocycles. The van der Waals surface area contributed by atoms with E-state index in [2.05, 4.69) is 15.9 Å². The molecule has 1 aliphatic carbocycles. The fourth-order valence-corrected chi connectivity index (χ4v) is 5.99. The Hall–Kier alpha value is -0.590. The fourth-order valence-electron chi connectivity index (χ4n) is 3.76. The van der Waals surface area contributed by atoms with Crippen LogP contribution in [-0.2, 0) is 10.0 Å². The summed E-state index contributed by atoms with van der Waals surface area (Å²) in [5, 5.41) is 0. The summed E-state index contributed by atoms with van der Waals surface area (Å²) >= 11 is 3.33. The number of anilines is 1. The van der Waals surface area contributed by atoms with E-state index in [0.717, 1.165) is 36.6 Å². The molecule has 2 N–H and O–H groups in total. The highest BCUT2D eigenvalue weighted by atomic mass is 79.9. The number of sulfonamides is 1. The second-order valence-electron chi connectivity index (χ2n) is 6.05. The maximum atomic E-state index is 13.0. The standard InChI is InChI=1S/C15H21BrN2O2S/c16-12-7-8-15(13(17)10-12)21(19,20)18-9-3-5-11-4-1-2-6-14(11)18/h7-8,10-11,14H,1-6,9,17H2/t11-,14-/m1/s1. The maximum absolute atomic E-state index is 13.0. The van der Waals surface area contributed by atoms with Crippen LogP contribution in [-0.4, -0.2) is 25.3 Å². The first-order valence-electron chi connectivity index (χ1n) is 7.57. The lowest BCUT2D eigenvalue weighted by atomic mass is 9.79. The largest absolute Gasteiger partial charge is 0.398 e. The molecule has 0 aromatic heterocycles. The molecule has 4 nitrogen and oxygen atoms in total. The lowest BCUT2D eigenvalue weighted by Gasteiger charge is -2.43. The molecule has 2 aliphatic rings. The van der Waals surface area contributed by atoms with E-state index in [4.69, 9.17) is 5.73 Å². The van der Waals surface area contributed by atoms with Gasteiger partial charge in [-0.1, -0.05) is 28.8 Å². The van der Waals surface area contributed by atoms with Crippen LogP contribution in [0, 0.1) is 5.92 Å². The van der Waals surface area contributed by atoms with Crippen molar-refractivity contribution in [2.45, 2.75) is 49.5 Å². The number of hydrogen-bond acceptors (Lipinski definition) is 3. The van der Waals surface area contributed by atoms with E-state index in [9.17, 15) is 8.42 Å². The zero-order chi connectivity index (χ0) is 15.0. The van der Waals surface area contributed by atoms with Crippen molar-refractivity contribution in [1.29, 1.82) is 0 Å². The Bertz CT molecular complexity index is 631. The Morgan fingerprint density at radius 2 is 1.86 bits per heavy atom. The molecule has 1 heterocycles. The van der Waals surface area contributed by atoms with Crippen LogP contribution in [0.3, 0.4) is 0 Å². The summed E-state index contributed by atoms with van der Waals surface area (Å²) in [6, 6.07) is 5.18. The van der Waals surface area contributed by atoms with Crippen LogP contribution < -0.4 is 5.73 Å². The average molecular weight is 373 g/mol. The fraction of sp³-hybridized carbons (Fsp3) is 0.600. The van der Waals surface area contributed by atoms with Gasteiger partial charge in [-0.15, -0.1) is 0 Å². The quantitative estimate of drug-likeness (QED) is 0.809. The van der Waals surface area contributed by atoms with E-state index in [1.54, 1.807) is 22.5 Å². The molecular weight excluding hydrogens is 352 g/mol. The van der Waals surface area contributed by atoms with E-state index in [-0.39, 0.29) is 10.9 Å². The van der Waals surface area contributed by atoms with E-state index in [1.807, 2.05) is 0 Å². The topological polar surface area (TPSA) is 63.4 Å². The minimum absolute atomic E-state index is 0.167. The number of fused-ring (bicyclic) bond motifs is 1. The van der Waals surface area contributed by atoms with Gasteiger partial charge in [0.2, 0.25) is 10.0 Å². The summed E-state index contributed by atoms with van der Waals surface area (Å²) in [7, 11) is -3.49. The van der Waals surface area contributed by atoms with Gasteiger partial charge in [0.05, 0.1) is 5.69 Å². The van der Waals surface area contributed by atoms with Gasteiger partial charge in [0, 0.05) is 17.1 Å². The van der Waals surface area contributed by atoms with Crippen molar-refractivity contribution in [2.75, 3.05) is 12.3 Å². The smallest absolute Gasteiger partial charge is 0.245 e. The van der Waals surface area contributed by atoms with Crippen LogP contribution in [0.5, 0.6) is 0 Å². The van der Waals surface area contributed by atoms with Gasteiger partial charge in [-0.3, -0.25) is 0 Å². The van der Waals surface area contributed by atoms with Crippen LogP contribution >= 0.6 is 15.9 Å². The van der Waals surface area contributed by atoms with Gasteiger partial charge in [-0.05, 0) is 49.8 Å². The Balaban J connectivity index is 1.96. The van der Waals surface area contributed by atoms with Crippen molar-refractivity contribution in [2.24, 2.45) is 5.92 Å². The molecule has 6 heteroatoms. The van der Waals surface area contributed by atoms with E-state index in [0.29, 0.717) is 18.2 Å². The number of piperidine rings is 1. The van der Waals surface area contributed by atoms with Gasteiger partial charge in [0.1, 0.15) is 4.90 Å². The zero-order valence-corrected chi connectivity index (χ0v) is 14.4. The number of nitrogens with zero attached hydrogens (tertiary/aromatic N) is 1. The molecule has 1 aromatic rings. The second kappa shape index (κ2) is 5.89. The van der Waals surface area contributed by atoms with Gasteiger partial charge in [0.25, 0.3) is 0 Å².